The summed E-state index contributed by atoms with van der Waals surface area (Å²) in [5.41, 5.74) is -0.712. The molecule has 0 aromatic carbocycles. The third-order valence-electron chi connectivity index (χ3n) is 1.75. The maximum Gasteiger partial charge on any atom is 0.407 e. The van der Waals surface area contributed by atoms with Crippen LogP contribution in [0.3, 0.4) is 0 Å². The summed E-state index contributed by atoms with van der Waals surface area (Å²) in [6.07, 6.45) is 1.41. The number of nitrogens with one attached hydrogen (secondary N) is 2. The summed E-state index contributed by atoms with van der Waals surface area (Å²) in [5, 5.41) is 2.58. The number of rotatable bonds is 3. The molecule has 1 aromatic heterocycles. The van der Waals surface area contributed by atoms with Gasteiger partial charge in [0.05, 0.1) is 0 Å². The predicted octanol–water partition coefficient (Wildman–Crippen LogP) is 0.837. The number of H-pyrrole nitrogens is 1. The number of ether oxygens (including phenoxy) is 1. The summed E-state index contributed by atoms with van der Waals surface area (Å²) in [7, 11) is 0. The molecule has 0 aliphatic carbocycles. The topological polar surface area (TPSA) is 84.1 Å². The van der Waals surface area contributed by atoms with Crippen LogP contribution in [0.2, 0.25) is 0 Å². The summed E-state index contributed by atoms with van der Waals surface area (Å²) in [6.45, 7) is 5.75. The number of carbonyl (C=O) groups excluding carboxylic acids is 1. The van der Waals surface area contributed by atoms with Crippen molar-refractivity contribution in [2.24, 2.45) is 0 Å². The van der Waals surface area contributed by atoms with Crippen molar-refractivity contribution in [1.29, 1.82) is 0 Å². The Balaban J connectivity index is 2.33. The molecule has 0 saturated heterocycles. The zero-order valence-corrected chi connectivity index (χ0v) is 10.2. The molecule has 0 saturated carbocycles. The fourth-order valence-corrected chi connectivity index (χ4v) is 1.14. The summed E-state index contributed by atoms with van der Waals surface area (Å²) in [5.74, 6) is 0.536. The van der Waals surface area contributed by atoms with E-state index in [2.05, 4.69) is 15.3 Å². The van der Waals surface area contributed by atoms with Crippen LogP contribution >= 0.6 is 0 Å². The molecule has 6 nitrogen and oxygen atoms in total. The van der Waals surface area contributed by atoms with Gasteiger partial charge in [-0.05, 0) is 20.8 Å². The van der Waals surface area contributed by atoms with Crippen LogP contribution in [0.4, 0.5) is 4.79 Å². The Morgan fingerprint density at radius 2 is 2.24 bits per heavy atom. The monoisotopic (exact) mass is 239 g/mol. The van der Waals surface area contributed by atoms with E-state index in [1.54, 1.807) is 20.8 Å². The zero-order chi connectivity index (χ0) is 12.9. The third kappa shape index (κ3) is 5.70. The van der Waals surface area contributed by atoms with Gasteiger partial charge in [-0.3, -0.25) is 4.79 Å². The highest BCUT2D eigenvalue weighted by Gasteiger charge is 2.15. The summed E-state index contributed by atoms with van der Waals surface area (Å²) in [6, 6.07) is 1.34. The molecule has 2 N–H and O–H groups in total. The Hall–Kier alpha value is -1.85. The van der Waals surface area contributed by atoms with Gasteiger partial charge < -0.3 is 15.0 Å². The van der Waals surface area contributed by atoms with Crippen molar-refractivity contribution in [1.82, 2.24) is 15.3 Å². The maximum absolute atomic E-state index is 11.3. The van der Waals surface area contributed by atoms with E-state index in [1.807, 2.05) is 0 Å². The number of amides is 1. The van der Waals surface area contributed by atoms with Gasteiger partial charge in [-0.2, -0.15) is 0 Å². The van der Waals surface area contributed by atoms with Gasteiger partial charge in [0.25, 0.3) is 5.56 Å². The van der Waals surface area contributed by atoms with E-state index >= 15 is 0 Å². The number of carbonyl (C=O) groups is 1. The Morgan fingerprint density at radius 1 is 1.53 bits per heavy atom. The number of aromatic nitrogens is 2. The lowest BCUT2D eigenvalue weighted by Crippen LogP contribution is -2.33. The SMILES string of the molecule is CC(C)(C)OC(=O)NCCc1nccc(=O)[nH]1. The van der Waals surface area contributed by atoms with Gasteiger partial charge >= 0.3 is 6.09 Å². The lowest BCUT2D eigenvalue weighted by atomic mass is 10.2. The van der Waals surface area contributed by atoms with E-state index in [4.69, 9.17) is 4.74 Å². The molecule has 0 bridgehead atoms. The number of hydrogen-bond acceptors (Lipinski definition) is 4. The van der Waals surface area contributed by atoms with Gasteiger partial charge in [-0.15, -0.1) is 0 Å². The number of aromatic amines is 1. The fraction of sp³-hybridized carbons (Fsp3) is 0.545. The molecule has 1 heterocycles. The van der Waals surface area contributed by atoms with E-state index in [1.165, 1.54) is 12.3 Å². The van der Waals surface area contributed by atoms with Crippen LogP contribution in [0, 0.1) is 0 Å². The molecule has 0 radical (unpaired) electrons. The van der Waals surface area contributed by atoms with Crippen LogP contribution in [0.1, 0.15) is 26.6 Å². The van der Waals surface area contributed by atoms with Gasteiger partial charge in [0, 0.05) is 25.2 Å². The minimum atomic E-state index is -0.511. The van der Waals surface area contributed by atoms with Crippen LogP contribution in [-0.2, 0) is 11.2 Å². The van der Waals surface area contributed by atoms with E-state index in [9.17, 15) is 9.59 Å². The van der Waals surface area contributed by atoms with Gasteiger partial charge in [-0.1, -0.05) is 0 Å². The van der Waals surface area contributed by atoms with Crippen molar-refractivity contribution >= 4 is 6.09 Å². The quantitative estimate of drug-likeness (QED) is 0.818. The molecule has 0 aliphatic rings. The molecule has 1 rings (SSSR count). The summed E-state index contributed by atoms with van der Waals surface area (Å²) >= 11 is 0. The van der Waals surface area contributed by atoms with Gasteiger partial charge in [-0.25, -0.2) is 9.78 Å². The van der Waals surface area contributed by atoms with Gasteiger partial charge in [0.1, 0.15) is 11.4 Å². The molecular weight excluding hydrogens is 222 g/mol. The van der Waals surface area contributed by atoms with Crippen molar-refractivity contribution in [2.45, 2.75) is 32.8 Å². The lowest BCUT2D eigenvalue weighted by Gasteiger charge is -2.19. The molecular formula is C11H17N3O3. The molecule has 6 heteroatoms. The predicted molar refractivity (Wildman–Crippen MR) is 62.8 cm³/mol. The Morgan fingerprint density at radius 3 is 2.82 bits per heavy atom. The first-order valence-corrected chi connectivity index (χ1v) is 5.38. The summed E-state index contributed by atoms with van der Waals surface area (Å²) < 4.78 is 5.06. The lowest BCUT2D eigenvalue weighted by molar-refractivity contribution is 0.0528. The van der Waals surface area contributed by atoms with Crippen molar-refractivity contribution in [3.8, 4) is 0 Å². The second-order valence-electron chi connectivity index (χ2n) is 4.56. The Kier molecular flexibility index (Phi) is 4.25. The highest BCUT2D eigenvalue weighted by molar-refractivity contribution is 5.67. The van der Waals surface area contributed by atoms with Crippen LogP contribution < -0.4 is 10.9 Å². The highest BCUT2D eigenvalue weighted by Crippen LogP contribution is 2.06. The first-order chi connectivity index (χ1) is 7.87. The van der Waals surface area contributed by atoms with Crippen LogP contribution in [0.5, 0.6) is 0 Å². The van der Waals surface area contributed by atoms with Crippen molar-refractivity contribution in [3.05, 3.63) is 28.4 Å². The van der Waals surface area contributed by atoms with E-state index in [-0.39, 0.29) is 5.56 Å². The molecule has 0 atom stereocenters. The van der Waals surface area contributed by atoms with E-state index in [0.717, 1.165) is 0 Å². The van der Waals surface area contributed by atoms with E-state index < -0.39 is 11.7 Å². The molecule has 0 fully saturated rings. The first-order valence-electron chi connectivity index (χ1n) is 5.38. The maximum atomic E-state index is 11.3. The standard InChI is InChI=1S/C11H17N3O3/c1-11(2,3)17-10(16)13-6-4-8-12-7-5-9(15)14-8/h5,7H,4,6H2,1-3H3,(H,13,16)(H,12,14,15). The molecule has 1 aromatic rings. The normalized spacial score (nSPS) is 11.0. The number of nitrogens with zero attached hydrogens (tertiary/aromatic N) is 1. The van der Waals surface area contributed by atoms with Crippen LogP contribution in [0.25, 0.3) is 0 Å². The molecule has 1 amide bonds. The smallest absolute Gasteiger partial charge is 0.407 e. The van der Waals surface area contributed by atoms with Gasteiger partial charge in [0.2, 0.25) is 0 Å². The van der Waals surface area contributed by atoms with E-state index in [0.29, 0.717) is 18.8 Å². The first kappa shape index (κ1) is 13.2. The average Bonchev–Trinajstić information content (AvgIpc) is 2.14. The minimum absolute atomic E-state index is 0.202. The second kappa shape index (κ2) is 5.47. The summed E-state index contributed by atoms with van der Waals surface area (Å²) in [4.78, 5) is 28.8. The average molecular weight is 239 g/mol. The van der Waals surface area contributed by atoms with Crippen LogP contribution in [0.15, 0.2) is 17.1 Å². The minimum Gasteiger partial charge on any atom is -0.444 e. The zero-order valence-electron chi connectivity index (χ0n) is 10.2. The molecule has 0 aliphatic heterocycles. The fourth-order valence-electron chi connectivity index (χ4n) is 1.14. The van der Waals surface area contributed by atoms with Gasteiger partial charge in [0.15, 0.2) is 0 Å². The Bertz CT molecular complexity index is 434. The van der Waals surface area contributed by atoms with Crippen LogP contribution in [-0.4, -0.2) is 28.2 Å². The molecule has 0 spiro atoms. The Labute approximate surface area is 99.4 Å². The second-order valence-corrected chi connectivity index (χ2v) is 4.56. The number of alkyl carbamates (subject to hydrolysis) is 1. The largest absolute Gasteiger partial charge is 0.444 e. The molecule has 17 heavy (non-hydrogen) atoms. The molecule has 0 unspecified atom stereocenters. The highest BCUT2D eigenvalue weighted by atomic mass is 16.6. The van der Waals surface area contributed by atoms with Crippen molar-refractivity contribution in [3.63, 3.8) is 0 Å². The van der Waals surface area contributed by atoms with Crippen molar-refractivity contribution in [2.75, 3.05) is 6.54 Å². The third-order valence-corrected chi connectivity index (χ3v) is 1.75. The van der Waals surface area contributed by atoms with Crippen molar-refractivity contribution < 1.29 is 9.53 Å². The molecule has 94 valence electrons. The number of hydrogen-bond donors (Lipinski definition) is 2.